The zero-order valence-electron chi connectivity index (χ0n) is 20.8. The first kappa shape index (κ1) is 27.8. The summed E-state index contributed by atoms with van der Waals surface area (Å²) >= 11 is 0. The van der Waals surface area contributed by atoms with E-state index in [0.29, 0.717) is 18.4 Å². The third-order valence-electron chi connectivity index (χ3n) is 6.66. The van der Waals surface area contributed by atoms with Gasteiger partial charge in [0, 0.05) is 21.3 Å². The number of rotatable bonds is 21. The molecule has 0 aromatic rings. The fraction of sp³-hybridized carbons (Fsp3) is 1.00. The number of ether oxygens (including phenoxy) is 5. The molecule has 0 N–H and O–H groups in total. The topological polar surface area (TPSA) is 49.5 Å². The van der Waals surface area contributed by atoms with Gasteiger partial charge in [0.2, 0.25) is 0 Å². The fourth-order valence-corrected chi connectivity index (χ4v) is 5.00. The van der Waals surface area contributed by atoms with Crippen LogP contribution in [-0.4, -0.2) is 52.7 Å². The first-order chi connectivity index (χ1) is 14.5. The SMILES string of the molecule is CCCC(CCC)(CCC)CCCCCCC(CC(OC)(OC)OC)OCC1CO1. The Hall–Kier alpha value is -0.200. The summed E-state index contributed by atoms with van der Waals surface area (Å²) in [6.45, 7) is 8.48. The van der Waals surface area contributed by atoms with Gasteiger partial charge in [-0.1, -0.05) is 65.7 Å². The highest BCUT2D eigenvalue weighted by Crippen LogP contribution is 2.40. The van der Waals surface area contributed by atoms with E-state index in [1.165, 1.54) is 64.2 Å². The Labute approximate surface area is 186 Å². The van der Waals surface area contributed by atoms with Crippen LogP contribution in [0, 0.1) is 5.41 Å². The van der Waals surface area contributed by atoms with Gasteiger partial charge in [0.05, 0.1) is 25.7 Å². The third kappa shape index (κ3) is 10.4. The van der Waals surface area contributed by atoms with Crippen molar-refractivity contribution in [3.8, 4) is 0 Å². The van der Waals surface area contributed by atoms with Gasteiger partial charge in [0.25, 0.3) is 5.97 Å². The molecule has 180 valence electrons. The van der Waals surface area contributed by atoms with Crippen molar-refractivity contribution in [3.63, 3.8) is 0 Å². The molecule has 0 bridgehead atoms. The van der Waals surface area contributed by atoms with Crippen LogP contribution >= 0.6 is 0 Å². The minimum absolute atomic E-state index is 0.0495. The Morgan fingerprint density at radius 2 is 1.33 bits per heavy atom. The van der Waals surface area contributed by atoms with Crippen LogP contribution in [0.5, 0.6) is 0 Å². The molecule has 0 aliphatic carbocycles. The van der Waals surface area contributed by atoms with E-state index in [2.05, 4.69) is 20.8 Å². The molecule has 5 heteroatoms. The predicted molar refractivity (Wildman–Crippen MR) is 123 cm³/mol. The van der Waals surface area contributed by atoms with Gasteiger partial charge in [-0.2, -0.15) is 0 Å². The van der Waals surface area contributed by atoms with E-state index in [-0.39, 0.29) is 12.2 Å². The quantitative estimate of drug-likeness (QED) is 0.118. The van der Waals surface area contributed by atoms with Crippen molar-refractivity contribution in [2.75, 3.05) is 34.5 Å². The maximum absolute atomic E-state index is 6.12. The molecule has 30 heavy (non-hydrogen) atoms. The Bertz CT molecular complexity index is 381. The van der Waals surface area contributed by atoms with E-state index in [4.69, 9.17) is 23.7 Å². The zero-order chi connectivity index (χ0) is 22.3. The summed E-state index contributed by atoms with van der Waals surface area (Å²) in [6, 6.07) is 0. The van der Waals surface area contributed by atoms with Crippen LogP contribution in [-0.2, 0) is 23.7 Å². The van der Waals surface area contributed by atoms with Gasteiger partial charge in [-0.05, 0) is 37.5 Å². The Morgan fingerprint density at radius 1 is 0.800 bits per heavy atom. The predicted octanol–water partition coefficient (Wildman–Crippen LogP) is 6.48. The van der Waals surface area contributed by atoms with Crippen molar-refractivity contribution in [2.24, 2.45) is 5.41 Å². The molecule has 1 heterocycles. The summed E-state index contributed by atoms with van der Waals surface area (Å²) < 4.78 is 27.9. The summed E-state index contributed by atoms with van der Waals surface area (Å²) in [5, 5.41) is 0. The average Bonchev–Trinajstić information content (AvgIpc) is 3.57. The van der Waals surface area contributed by atoms with E-state index >= 15 is 0 Å². The lowest BCUT2D eigenvalue weighted by Gasteiger charge is -2.34. The molecule has 1 aliphatic heterocycles. The second-order valence-electron chi connectivity index (χ2n) is 9.11. The third-order valence-corrected chi connectivity index (χ3v) is 6.66. The highest BCUT2D eigenvalue weighted by molar-refractivity contribution is 4.78. The maximum Gasteiger partial charge on any atom is 0.284 e. The number of unbranched alkanes of at least 4 members (excludes halogenated alkanes) is 3. The molecular weight excluding hydrogens is 380 g/mol. The monoisotopic (exact) mass is 430 g/mol. The van der Waals surface area contributed by atoms with Gasteiger partial charge < -0.3 is 23.7 Å². The highest BCUT2D eigenvalue weighted by Gasteiger charge is 2.35. The first-order valence-corrected chi connectivity index (χ1v) is 12.4. The Kier molecular flexibility index (Phi) is 14.5. The second-order valence-corrected chi connectivity index (χ2v) is 9.11. The lowest BCUT2D eigenvalue weighted by atomic mass is 9.72. The lowest BCUT2D eigenvalue weighted by Crippen LogP contribution is -2.40. The molecule has 0 aromatic carbocycles. The van der Waals surface area contributed by atoms with Crippen LogP contribution in [0.3, 0.4) is 0 Å². The second kappa shape index (κ2) is 15.6. The smallest absolute Gasteiger partial charge is 0.284 e. The van der Waals surface area contributed by atoms with Crippen molar-refractivity contribution in [3.05, 3.63) is 0 Å². The molecule has 1 rings (SSSR count). The van der Waals surface area contributed by atoms with E-state index in [0.717, 1.165) is 19.4 Å². The van der Waals surface area contributed by atoms with E-state index in [1.807, 2.05) is 0 Å². The van der Waals surface area contributed by atoms with E-state index in [1.54, 1.807) is 21.3 Å². The molecule has 0 radical (unpaired) electrons. The normalized spacial score (nSPS) is 18.0. The standard InChI is InChI=1S/C25H50O5/c1-7-15-24(16-8-2,17-9-3)18-13-11-10-12-14-22(29-20-23-21-30-23)19-25(26-4,27-5)28-6/h22-23H,7-21H2,1-6H3. The summed E-state index contributed by atoms with van der Waals surface area (Å²) in [7, 11) is 4.84. The van der Waals surface area contributed by atoms with Crippen LogP contribution < -0.4 is 0 Å². The molecule has 0 spiro atoms. The van der Waals surface area contributed by atoms with Gasteiger partial charge in [0.1, 0.15) is 6.10 Å². The molecule has 1 aliphatic rings. The molecule has 2 unspecified atom stereocenters. The number of hydrogen-bond acceptors (Lipinski definition) is 5. The van der Waals surface area contributed by atoms with Crippen LogP contribution in [0.1, 0.15) is 104 Å². The van der Waals surface area contributed by atoms with Crippen molar-refractivity contribution < 1.29 is 23.7 Å². The molecule has 1 saturated heterocycles. The summed E-state index contributed by atoms with van der Waals surface area (Å²) in [5.74, 6) is -1.03. The molecule has 2 atom stereocenters. The van der Waals surface area contributed by atoms with Crippen LogP contribution in [0.25, 0.3) is 0 Å². The van der Waals surface area contributed by atoms with E-state index < -0.39 is 5.97 Å². The lowest BCUT2D eigenvalue weighted by molar-refractivity contribution is -0.362. The number of methoxy groups -OCH3 is 3. The summed E-state index contributed by atoms with van der Waals surface area (Å²) in [6.07, 6.45) is 16.4. The van der Waals surface area contributed by atoms with Gasteiger partial charge in [-0.15, -0.1) is 0 Å². The van der Waals surface area contributed by atoms with Gasteiger partial charge >= 0.3 is 0 Å². The largest absolute Gasteiger partial charge is 0.375 e. The molecule has 0 aromatic heterocycles. The van der Waals surface area contributed by atoms with Crippen LogP contribution in [0.15, 0.2) is 0 Å². The average molecular weight is 431 g/mol. The van der Waals surface area contributed by atoms with Crippen molar-refractivity contribution >= 4 is 0 Å². The van der Waals surface area contributed by atoms with Gasteiger partial charge in [-0.25, -0.2) is 0 Å². The highest BCUT2D eigenvalue weighted by atomic mass is 16.9. The van der Waals surface area contributed by atoms with Crippen LogP contribution in [0.2, 0.25) is 0 Å². The van der Waals surface area contributed by atoms with Gasteiger partial charge in [-0.3, -0.25) is 0 Å². The minimum atomic E-state index is -1.03. The zero-order valence-corrected chi connectivity index (χ0v) is 20.8. The fourth-order valence-electron chi connectivity index (χ4n) is 5.00. The maximum atomic E-state index is 6.12. The van der Waals surface area contributed by atoms with Crippen molar-refractivity contribution in [1.82, 2.24) is 0 Å². The van der Waals surface area contributed by atoms with Crippen molar-refractivity contribution in [1.29, 1.82) is 0 Å². The van der Waals surface area contributed by atoms with Crippen LogP contribution in [0.4, 0.5) is 0 Å². The summed E-state index contributed by atoms with van der Waals surface area (Å²) in [5.41, 5.74) is 0.586. The molecule has 1 fully saturated rings. The van der Waals surface area contributed by atoms with E-state index in [9.17, 15) is 0 Å². The number of hydrogen-bond donors (Lipinski definition) is 0. The Balaban J connectivity index is 2.41. The van der Waals surface area contributed by atoms with Crippen molar-refractivity contribution in [2.45, 2.75) is 122 Å². The molecule has 5 nitrogen and oxygen atoms in total. The Morgan fingerprint density at radius 3 is 1.80 bits per heavy atom. The summed E-state index contributed by atoms with van der Waals surface area (Å²) in [4.78, 5) is 0. The molecule has 0 saturated carbocycles. The molecule has 0 amide bonds. The first-order valence-electron chi connectivity index (χ1n) is 12.4. The molecular formula is C25H50O5. The minimum Gasteiger partial charge on any atom is -0.375 e. The number of epoxide rings is 1. The van der Waals surface area contributed by atoms with Gasteiger partial charge in [0.15, 0.2) is 0 Å².